The standard InChI is InChI=1S/C12H17N5S/c1-17(5-4-11-3-2-6-18-11)9-10-7-15-12(16-13)8-14-10/h2-3,6-8H,4-5,9,13H2,1H3,(H,15,16). The molecule has 18 heavy (non-hydrogen) atoms. The molecule has 0 saturated heterocycles. The summed E-state index contributed by atoms with van der Waals surface area (Å²) in [4.78, 5) is 12.1. The first-order valence-electron chi connectivity index (χ1n) is 5.76. The third kappa shape index (κ3) is 3.76. The zero-order valence-electron chi connectivity index (χ0n) is 10.3. The first-order valence-corrected chi connectivity index (χ1v) is 6.64. The maximum Gasteiger partial charge on any atom is 0.158 e. The average molecular weight is 263 g/mol. The zero-order chi connectivity index (χ0) is 12.8. The minimum Gasteiger partial charge on any atom is -0.307 e. The molecular formula is C12H17N5S. The molecule has 0 atom stereocenters. The number of likely N-dealkylation sites (N-methyl/N-ethyl adjacent to an activating group) is 1. The highest BCUT2D eigenvalue weighted by Gasteiger charge is 2.03. The van der Waals surface area contributed by atoms with Crippen LogP contribution in [0.1, 0.15) is 10.6 Å². The Balaban J connectivity index is 1.80. The summed E-state index contributed by atoms with van der Waals surface area (Å²) in [5.41, 5.74) is 3.41. The number of nitrogens with zero attached hydrogens (tertiary/aromatic N) is 3. The quantitative estimate of drug-likeness (QED) is 0.610. The SMILES string of the molecule is CN(CCc1cccs1)Cc1cnc(NN)cn1. The number of anilines is 1. The number of hydrazine groups is 1. The van der Waals surface area contributed by atoms with Crippen molar-refractivity contribution in [3.05, 3.63) is 40.5 Å². The number of hydrogen-bond donors (Lipinski definition) is 2. The van der Waals surface area contributed by atoms with Crippen molar-refractivity contribution in [2.45, 2.75) is 13.0 Å². The van der Waals surface area contributed by atoms with Crippen molar-refractivity contribution < 1.29 is 0 Å². The summed E-state index contributed by atoms with van der Waals surface area (Å²) in [6, 6.07) is 4.25. The van der Waals surface area contributed by atoms with E-state index in [1.807, 2.05) is 0 Å². The Morgan fingerprint density at radius 2 is 2.28 bits per heavy atom. The van der Waals surface area contributed by atoms with Crippen LogP contribution in [0, 0.1) is 0 Å². The molecule has 2 aromatic rings. The number of nitrogens with two attached hydrogens (primary N) is 1. The Kier molecular flexibility index (Phi) is 4.63. The van der Waals surface area contributed by atoms with Gasteiger partial charge in [0.2, 0.25) is 0 Å². The second-order valence-electron chi connectivity index (χ2n) is 4.10. The van der Waals surface area contributed by atoms with Gasteiger partial charge in [0.25, 0.3) is 0 Å². The van der Waals surface area contributed by atoms with E-state index in [0.717, 1.165) is 25.2 Å². The molecule has 0 radical (unpaired) electrons. The topological polar surface area (TPSA) is 67.1 Å². The summed E-state index contributed by atoms with van der Waals surface area (Å²) in [5.74, 6) is 5.82. The Hall–Kier alpha value is -1.50. The number of rotatable bonds is 6. The molecular weight excluding hydrogens is 246 g/mol. The van der Waals surface area contributed by atoms with E-state index >= 15 is 0 Å². The van der Waals surface area contributed by atoms with E-state index in [0.29, 0.717) is 5.82 Å². The molecule has 2 heterocycles. The molecule has 0 amide bonds. The fourth-order valence-electron chi connectivity index (χ4n) is 1.62. The van der Waals surface area contributed by atoms with Gasteiger partial charge in [-0.3, -0.25) is 4.98 Å². The van der Waals surface area contributed by atoms with Gasteiger partial charge in [0.1, 0.15) is 0 Å². The fraction of sp³-hybridized carbons (Fsp3) is 0.333. The number of thiophene rings is 1. The molecule has 2 aromatic heterocycles. The fourth-order valence-corrected chi connectivity index (χ4v) is 2.32. The molecule has 96 valence electrons. The first kappa shape index (κ1) is 12.9. The molecule has 0 aromatic carbocycles. The molecule has 0 aliphatic rings. The van der Waals surface area contributed by atoms with E-state index in [9.17, 15) is 0 Å². The van der Waals surface area contributed by atoms with Gasteiger partial charge < -0.3 is 10.3 Å². The monoisotopic (exact) mass is 263 g/mol. The van der Waals surface area contributed by atoms with E-state index in [1.165, 1.54) is 4.88 Å². The second kappa shape index (κ2) is 6.44. The highest BCUT2D eigenvalue weighted by atomic mass is 32.1. The van der Waals surface area contributed by atoms with Gasteiger partial charge in [-0.15, -0.1) is 11.3 Å². The van der Waals surface area contributed by atoms with Crippen molar-refractivity contribution in [1.82, 2.24) is 14.9 Å². The summed E-state index contributed by atoms with van der Waals surface area (Å²) >= 11 is 1.80. The molecule has 2 rings (SSSR count). The van der Waals surface area contributed by atoms with E-state index in [4.69, 9.17) is 5.84 Å². The van der Waals surface area contributed by atoms with Gasteiger partial charge in [-0.2, -0.15) is 0 Å². The molecule has 0 bridgehead atoms. The van der Waals surface area contributed by atoms with Gasteiger partial charge in [-0.1, -0.05) is 6.07 Å². The number of hydrogen-bond acceptors (Lipinski definition) is 6. The largest absolute Gasteiger partial charge is 0.307 e. The lowest BCUT2D eigenvalue weighted by Gasteiger charge is -2.15. The molecule has 0 aliphatic heterocycles. The lowest BCUT2D eigenvalue weighted by molar-refractivity contribution is 0.327. The number of nitrogen functional groups attached to an aromatic ring is 1. The van der Waals surface area contributed by atoms with Crippen molar-refractivity contribution in [2.24, 2.45) is 5.84 Å². The van der Waals surface area contributed by atoms with Crippen LogP contribution in [-0.4, -0.2) is 28.5 Å². The van der Waals surface area contributed by atoms with Crippen LogP contribution < -0.4 is 11.3 Å². The van der Waals surface area contributed by atoms with Crippen LogP contribution >= 0.6 is 11.3 Å². The third-order valence-corrected chi connectivity index (χ3v) is 3.54. The first-order chi connectivity index (χ1) is 8.78. The molecule has 0 fully saturated rings. The Bertz CT molecular complexity index is 454. The Morgan fingerprint density at radius 1 is 1.39 bits per heavy atom. The summed E-state index contributed by atoms with van der Waals surface area (Å²) < 4.78 is 0. The molecule has 3 N–H and O–H groups in total. The van der Waals surface area contributed by atoms with Gasteiger partial charge in [0.05, 0.1) is 18.1 Å². The van der Waals surface area contributed by atoms with E-state index in [2.05, 4.69) is 44.9 Å². The summed E-state index contributed by atoms with van der Waals surface area (Å²) in [5, 5.41) is 2.11. The van der Waals surface area contributed by atoms with Crippen LogP contribution in [0.15, 0.2) is 29.9 Å². The van der Waals surface area contributed by atoms with Crippen LogP contribution in [0.3, 0.4) is 0 Å². The molecule has 0 spiro atoms. The second-order valence-corrected chi connectivity index (χ2v) is 5.14. The van der Waals surface area contributed by atoms with Crippen LogP contribution in [0.4, 0.5) is 5.82 Å². The maximum atomic E-state index is 5.24. The summed E-state index contributed by atoms with van der Waals surface area (Å²) in [7, 11) is 2.09. The van der Waals surface area contributed by atoms with Gasteiger partial charge in [-0.25, -0.2) is 10.8 Å². The van der Waals surface area contributed by atoms with Crippen LogP contribution in [0.2, 0.25) is 0 Å². The van der Waals surface area contributed by atoms with Crippen molar-refractivity contribution in [3.8, 4) is 0 Å². The predicted molar refractivity (Wildman–Crippen MR) is 74.2 cm³/mol. The summed E-state index contributed by atoms with van der Waals surface area (Å²) in [6.07, 6.45) is 4.46. The highest BCUT2D eigenvalue weighted by Crippen LogP contribution is 2.10. The van der Waals surface area contributed by atoms with Crippen molar-refractivity contribution in [1.29, 1.82) is 0 Å². The molecule has 0 saturated carbocycles. The third-order valence-electron chi connectivity index (χ3n) is 2.61. The smallest absolute Gasteiger partial charge is 0.158 e. The van der Waals surface area contributed by atoms with Gasteiger partial charge in [-0.05, 0) is 24.9 Å². The van der Waals surface area contributed by atoms with E-state index < -0.39 is 0 Å². The van der Waals surface area contributed by atoms with Gasteiger partial charge in [0.15, 0.2) is 5.82 Å². The minimum atomic E-state index is 0.583. The highest BCUT2D eigenvalue weighted by molar-refractivity contribution is 7.09. The van der Waals surface area contributed by atoms with E-state index in [1.54, 1.807) is 23.7 Å². The maximum absolute atomic E-state index is 5.24. The van der Waals surface area contributed by atoms with Crippen LogP contribution in [0.25, 0.3) is 0 Å². The normalized spacial score (nSPS) is 10.8. The van der Waals surface area contributed by atoms with Crippen molar-refractivity contribution in [3.63, 3.8) is 0 Å². The van der Waals surface area contributed by atoms with Crippen LogP contribution in [-0.2, 0) is 13.0 Å². The summed E-state index contributed by atoms with van der Waals surface area (Å²) in [6.45, 7) is 1.81. The molecule has 0 unspecified atom stereocenters. The number of nitrogens with one attached hydrogen (secondary N) is 1. The lowest BCUT2D eigenvalue weighted by atomic mass is 10.3. The van der Waals surface area contributed by atoms with Crippen molar-refractivity contribution in [2.75, 3.05) is 19.0 Å². The van der Waals surface area contributed by atoms with Crippen LogP contribution in [0.5, 0.6) is 0 Å². The lowest BCUT2D eigenvalue weighted by Crippen LogP contribution is -2.21. The minimum absolute atomic E-state index is 0.583. The Morgan fingerprint density at radius 3 is 2.89 bits per heavy atom. The average Bonchev–Trinajstić information content (AvgIpc) is 2.90. The number of aromatic nitrogens is 2. The predicted octanol–water partition coefficient (Wildman–Crippen LogP) is 1.50. The Labute approximate surface area is 111 Å². The molecule has 0 aliphatic carbocycles. The molecule has 6 heteroatoms. The zero-order valence-corrected chi connectivity index (χ0v) is 11.2. The molecule has 5 nitrogen and oxygen atoms in total. The van der Waals surface area contributed by atoms with Gasteiger partial charge in [0, 0.05) is 18.0 Å². The van der Waals surface area contributed by atoms with Gasteiger partial charge >= 0.3 is 0 Å². The van der Waals surface area contributed by atoms with E-state index in [-0.39, 0.29) is 0 Å². The van der Waals surface area contributed by atoms with Crippen molar-refractivity contribution >= 4 is 17.2 Å².